The first-order valence-electron chi connectivity index (χ1n) is 9.15. The first kappa shape index (κ1) is 17.4. The number of esters is 1. The fourth-order valence-corrected chi connectivity index (χ4v) is 4.29. The molecule has 3 aromatic heterocycles. The van der Waals surface area contributed by atoms with Crippen LogP contribution in [-0.2, 0) is 4.74 Å². The van der Waals surface area contributed by atoms with Gasteiger partial charge in [0.05, 0.1) is 42.9 Å². The Balaban J connectivity index is 1.99. The number of carbonyl (C=O) groups excluding carboxylic acids is 2. The molecule has 1 aliphatic heterocycles. The van der Waals surface area contributed by atoms with E-state index in [4.69, 9.17) is 9.47 Å². The molecule has 7 heteroatoms. The minimum absolute atomic E-state index is 0.141. The van der Waals surface area contributed by atoms with E-state index in [1.54, 1.807) is 19.5 Å². The molecule has 7 nitrogen and oxygen atoms in total. The average molecular weight is 387 g/mol. The Morgan fingerprint density at radius 1 is 1.14 bits per heavy atom. The summed E-state index contributed by atoms with van der Waals surface area (Å²) in [7, 11) is 2.87. The molecule has 4 aromatic rings. The number of hydrogen-bond donors (Lipinski definition) is 0. The maximum Gasteiger partial charge on any atom is 0.340 e. The zero-order valence-corrected chi connectivity index (χ0v) is 16.1. The molecule has 29 heavy (non-hydrogen) atoms. The fourth-order valence-electron chi connectivity index (χ4n) is 4.29. The number of benzene rings is 1. The highest BCUT2D eigenvalue weighted by atomic mass is 16.5. The van der Waals surface area contributed by atoms with Gasteiger partial charge in [-0.05, 0) is 13.0 Å². The number of aromatic nitrogens is 3. The van der Waals surface area contributed by atoms with E-state index in [9.17, 15) is 9.59 Å². The van der Waals surface area contributed by atoms with E-state index in [0.717, 1.165) is 16.3 Å². The minimum atomic E-state index is -0.601. The minimum Gasteiger partial charge on any atom is -0.494 e. The number of ketones is 1. The molecule has 0 bridgehead atoms. The van der Waals surface area contributed by atoms with Crippen LogP contribution in [0.5, 0.6) is 5.75 Å². The van der Waals surface area contributed by atoms with Crippen molar-refractivity contribution < 1.29 is 19.1 Å². The van der Waals surface area contributed by atoms with E-state index < -0.39 is 5.97 Å². The van der Waals surface area contributed by atoms with Gasteiger partial charge < -0.3 is 14.0 Å². The molecule has 0 unspecified atom stereocenters. The van der Waals surface area contributed by atoms with Crippen LogP contribution in [0, 0.1) is 0 Å². The molecular formula is C22H17N3O4. The Morgan fingerprint density at radius 3 is 2.69 bits per heavy atom. The van der Waals surface area contributed by atoms with E-state index in [2.05, 4.69) is 14.5 Å². The van der Waals surface area contributed by atoms with Crippen molar-refractivity contribution in [3.63, 3.8) is 0 Å². The smallest absolute Gasteiger partial charge is 0.340 e. The van der Waals surface area contributed by atoms with E-state index in [-0.39, 0.29) is 28.6 Å². The first-order valence-corrected chi connectivity index (χ1v) is 9.15. The lowest BCUT2D eigenvalue weighted by Gasteiger charge is -2.17. The lowest BCUT2D eigenvalue weighted by atomic mass is 9.95. The van der Waals surface area contributed by atoms with Crippen molar-refractivity contribution in [3.8, 4) is 5.75 Å². The van der Waals surface area contributed by atoms with E-state index in [1.165, 1.54) is 13.3 Å². The lowest BCUT2D eigenvalue weighted by Crippen LogP contribution is -2.16. The first-order chi connectivity index (χ1) is 14.1. The van der Waals surface area contributed by atoms with Crippen LogP contribution in [0.2, 0.25) is 0 Å². The third-order valence-corrected chi connectivity index (χ3v) is 5.57. The van der Waals surface area contributed by atoms with Gasteiger partial charge in [0.2, 0.25) is 5.78 Å². The maximum absolute atomic E-state index is 13.6. The number of fused-ring (bicyclic) bond motifs is 4. The molecule has 144 valence electrons. The highest BCUT2D eigenvalue weighted by Gasteiger charge is 2.34. The van der Waals surface area contributed by atoms with Crippen molar-refractivity contribution in [1.82, 2.24) is 14.5 Å². The maximum atomic E-state index is 13.6. The third kappa shape index (κ3) is 2.18. The summed E-state index contributed by atoms with van der Waals surface area (Å²) < 4.78 is 12.5. The van der Waals surface area contributed by atoms with Gasteiger partial charge in [-0.2, -0.15) is 0 Å². The Bertz CT molecular complexity index is 1340. The molecule has 1 atom stereocenters. The summed E-state index contributed by atoms with van der Waals surface area (Å²) >= 11 is 0. The molecule has 0 spiro atoms. The third-order valence-electron chi connectivity index (χ3n) is 5.57. The quantitative estimate of drug-likeness (QED) is 0.489. The average Bonchev–Trinajstić information content (AvgIpc) is 3.07. The van der Waals surface area contributed by atoms with Gasteiger partial charge in [-0.25, -0.2) is 9.78 Å². The number of methoxy groups -OCH3 is 2. The second-order valence-corrected chi connectivity index (χ2v) is 6.93. The molecule has 0 amide bonds. The molecule has 4 heterocycles. The number of carbonyl (C=O) groups is 2. The van der Waals surface area contributed by atoms with Gasteiger partial charge in [0.15, 0.2) is 0 Å². The summed E-state index contributed by atoms with van der Waals surface area (Å²) in [5.74, 6) is -0.337. The van der Waals surface area contributed by atoms with E-state index in [0.29, 0.717) is 16.8 Å². The standard InChI is InChI=1S/C22H17N3O4/c1-11-13-8-23-9-14(22(27)29-3)17(13)21(26)19-20-18(16(28-2)10-24-19)12-6-4-5-7-15(12)25(11)20/h4-11H,1-3H3/t11-/m0/s1. The van der Waals surface area contributed by atoms with Crippen LogP contribution < -0.4 is 4.74 Å². The topological polar surface area (TPSA) is 83.3 Å². The van der Waals surface area contributed by atoms with Gasteiger partial charge in [0.25, 0.3) is 0 Å². The molecule has 0 aliphatic carbocycles. The number of pyridine rings is 2. The van der Waals surface area contributed by atoms with Crippen LogP contribution in [0.3, 0.4) is 0 Å². The van der Waals surface area contributed by atoms with Gasteiger partial charge in [-0.1, -0.05) is 18.2 Å². The summed E-state index contributed by atoms with van der Waals surface area (Å²) in [6, 6.07) is 7.65. The van der Waals surface area contributed by atoms with Crippen molar-refractivity contribution in [3.05, 3.63) is 65.2 Å². The summed E-state index contributed by atoms with van der Waals surface area (Å²) in [4.78, 5) is 34.6. The Morgan fingerprint density at radius 2 is 1.93 bits per heavy atom. The molecule has 0 N–H and O–H groups in total. The van der Waals surface area contributed by atoms with Crippen LogP contribution in [0.4, 0.5) is 0 Å². The van der Waals surface area contributed by atoms with Crippen LogP contribution in [0.25, 0.3) is 21.8 Å². The fraction of sp³-hybridized carbons (Fsp3) is 0.182. The van der Waals surface area contributed by atoms with Gasteiger partial charge in [0, 0.05) is 34.4 Å². The second kappa shape index (κ2) is 6.13. The normalized spacial score (nSPS) is 15.3. The highest BCUT2D eigenvalue weighted by Crippen LogP contribution is 2.43. The number of rotatable bonds is 2. The molecule has 5 rings (SSSR count). The van der Waals surface area contributed by atoms with Crippen molar-refractivity contribution in [1.29, 1.82) is 0 Å². The van der Waals surface area contributed by atoms with Gasteiger partial charge in [-0.15, -0.1) is 0 Å². The van der Waals surface area contributed by atoms with Crippen LogP contribution in [0.1, 0.15) is 44.9 Å². The van der Waals surface area contributed by atoms with Crippen molar-refractivity contribution in [2.75, 3.05) is 14.2 Å². The van der Waals surface area contributed by atoms with Crippen molar-refractivity contribution in [2.24, 2.45) is 0 Å². The summed E-state index contributed by atoms with van der Waals surface area (Å²) in [5, 5.41) is 1.80. The van der Waals surface area contributed by atoms with Crippen LogP contribution >= 0.6 is 0 Å². The van der Waals surface area contributed by atoms with Gasteiger partial charge >= 0.3 is 5.97 Å². The molecule has 0 saturated heterocycles. The van der Waals surface area contributed by atoms with Crippen molar-refractivity contribution in [2.45, 2.75) is 13.0 Å². The van der Waals surface area contributed by atoms with Crippen LogP contribution in [-0.4, -0.2) is 40.5 Å². The van der Waals surface area contributed by atoms with E-state index >= 15 is 0 Å². The molecule has 1 aromatic carbocycles. The van der Waals surface area contributed by atoms with Gasteiger partial charge in [0.1, 0.15) is 11.4 Å². The van der Waals surface area contributed by atoms with Crippen LogP contribution in [0.15, 0.2) is 42.9 Å². The number of para-hydroxylation sites is 1. The van der Waals surface area contributed by atoms with Crippen molar-refractivity contribution >= 4 is 33.6 Å². The predicted molar refractivity (Wildman–Crippen MR) is 107 cm³/mol. The summed E-state index contributed by atoms with van der Waals surface area (Å²) in [6.07, 6.45) is 4.56. The molecule has 1 aliphatic rings. The predicted octanol–water partition coefficient (Wildman–Crippen LogP) is 3.53. The SMILES string of the molecule is COC(=O)c1cncc2c1C(=O)c1ncc(OC)c3c4ccccc4n(c13)[C@H]2C. The second-order valence-electron chi connectivity index (χ2n) is 6.93. The molecule has 0 fully saturated rings. The van der Waals surface area contributed by atoms with Gasteiger partial charge in [-0.3, -0.25) is 9.78 Å². The largest absolute Gasteiger partial charge is 0.494 e. The number of nitrogens with zero attached hydrogens (tertiary/aromatic N) is 3. The highest BCUT2D eigenvalue weighted by molar-refractivity contribution is 6.24. The summed E-state index contributed by atoms with van der Waals surface area (Å²) in [5.41, 5.74) is 2.99. The monoisotopic (exact) mass is 387 g/mol. The Kier molecular flexibility index (Phi) is 3.67. The summed E-state index contributed by atoms with van der Waals surface area (Å²) in [6.45, 7) is 1.98. The Hall–Kier alpha value is -3.74. The lowest BCUT2D eigenvalue weighted by molar-refractivity contribution is 0.0596. The number of hydrogen-bond acceptors (Lipinski definition) is 6. The zero-order chi connectivity index (χ0) is 20.3. The Labute approximate surface area is 165 Å². The molecular weight excluding hydrogens is 370 g/mol. The van der Waals surface area contributed by atoms with E-state index in [1.807, 2.05) is 31.2 Å². The number of ether oxygens (including phenoxy) is 2. The zero-order valence-electron chi connectivity index (χ0n) is 16.1. The molecule has 0 radical (unpaired) electrons. The molecule has 0 saturated carbocycles.